The highest BCUT2D eigenvalue weighted by atomic mass is 32.2. The molecular weight excluding hydrogens is 239 g/mol. The van der Waals surface area contributed by atoms with E-state index in [1.54, 1.807) is 11.8 Å². The van der Waals surface area contributed by atoms with Gasteiger partial charge in [-0.2, -0.15) is 0 Å². The fourth-order valence-corrected chi connectivity index (χ4v) is 1.90. The Kier molecular flexibility index (Phi) is 5.28. The van der Waals surface area contributed by atoms with E-state index in [4.69, 9.17) is 5.73 Å². The second kappa shape index (κ2) is 6.49. The highest BCUT2D eigenvalue weighted by Gasteiger charge is 2.09. The maximum Gasteiger partial charge on any atom is 0.234 e. The minimum Gasteiger partial charge on any atom is -0.399 e. The summed E-state index contributed by atoms with van der Waals surface area (Å²) < 4.78 is 13.3. The van der Waals surface area contributed by atoms with Gasteiger partial charge in [0.2, 0.25) is 5.91 Å². The molecule has 5 heteroatoms. The maximum absolute atomic E-state index is 13.3. The third kappa shape index (κ3) is 4.65. The Labute approximate surface area is 105 Å². The van der Waals surface area contributed by atoms with Gasteiger partial charge in [0, 0.05) is 10.9 Å². The summed E-state index contributed by atoms with van der Waals surface area (Å²) in [5.41, 5.74) is 6.09. The van der Waals surface area contributed by atoms with Gasteiger partial charge < -0.3 is 11.1 Å². The van der Waals surface area contributed by atoms with Crippen LogP contribution in [0.1, 0.15) is 20.3 Å². The number of amides is 1. The number of carbonyl (C=O) groups is 1. The molecule has 0 aliphatic heterocycles. The van der Waals surface area contributed by atoms with E-state index in [9.17, 15) is 9.18 Å². The van der Waals surface area contributed by atoms with E-state index < -0.39 is 5.82 Å². The van der Waals surface area contributed by atoms with Crippen molar-refractivity contribution in [2.24, 2.45) is 0 Å². The third-order valence-corrected chi connectivity index (χ3v) is 3.67. The van der Waals surface area contributed by atoms with Crippen LogP contribution >= 0.6 is 11.8 Å². The largest absolute Gasteiger partial charge is 0.399 e. The van der Waals surface area contributed by atoms with E-state index in [2.05, 4.69) is 19.2 Å². The number of nitrogens with two attached hydrogens (primary N) is 1. The van der Waals surface area contributed by atoms with Gasteiger partial charge in [-0.25, -0.2) is 4.39 Å². The molecule has 0 fully saturated rings. The zero-order valence-electron chi connectivity index (χ0n) is 10.00. The minimum atomic E-state index is -0.471. The molecule has 3 N–H and O–H groups in total. The average molecular weight is 256 g/mol. The van der Waals surface area contributed by atoms with Crippen LogP contribution < -0.4 is 11.1 Å². The smallest absolute Gasteiger partial charge is 0.234 e. The first-order valence-corrected chi connectivity index (χ1v) is 6.54. The summed E-state index contributed by atoms with van der Waals surface area (Å²) in [6.07, 6.45) is 1.00. The first kappa shape index (κ1) is 13.8. The first-order chi connectivity index (χ1) is 8.02. The lowest BCUT2D eigenvalue weighted by Crippen LogP contribution is -2.16. The number of hydrogen-bond donors (Lipinski definition) is 2. The fourth-order valence-electron chi connectivity index (χ4n) is 1.16. The summed E-state index contributed by atoms with van der Waals surface area (Å²) in [5.74, 6) is -0.357. The molecule has 1 atom stereocenters. The standard InChI is InChI=1S/C12H17FN2OS/c1-3-8(2)17-7-12(16)15-11-6-9(14)4-5-10(11)13/h4-6,8H,3,7,14H2,1-2H3,(H,15,16). The molecular formula is C12H17FN2OS. The number of hydrogen-bond acceptors (Lipinski definition) is 3. The minimum absolute atomic E-state index is 0.139. The van der Waals surface area contributed by atoms with E-state index in [1.807, 2.05) is 0 Å². The topological polar surface area (TPSA) is 55.1 Å². The molecule has 1 aromatic rings. The van der Waals surface area contributed by atoms with Crippen molar-refractivity contribution in [1.82, 2.24) is 0 Å². The summed E-state index contributed by atoms with van der Waals surface area (Å²) in [6, 6.07) is 4.12. The van der Waals surface area contributed by atoms with Crippen LogP contribution in [-0.2, 0) is 4.79 Å². The van der Waals surface area contributed by atoms with Crippen molar-refractivity contribution in [3.8, 4) is 0 Å². The quantitative estimate of drug-likeness (QED) is 0.796. The van der Waals surface area contributed by atoms with Crippen LogP contribution in [-0.4, -0.2) is 16.9 Å². The molecule has 1 amide bonds. The van der Waals surface area contributed by atoms with Crippen LogP contribution in [0.3, 0.4) is 0 Å². The first-order valence-electron chi connectivity index (χ1n) is 5.49. The van der Waals surface area contributed by atoms with Crippen molar-refractivity contribution < 1.29 is 9.18 Å². The number of halogens is 1. The van der Waals surface area contributed by atoms with Gasteiger partial charge in [-0.3, -0.25) is 4.79 Å². The Balaban J connectivity index is 2.53. The lowest BCUT2D eigenvalue weighted by molar-refractivity contribution is -0.113. The SMILES string of the molecule is CCC(C)SCC(=O)Nc1cc(N)ccc1F. The molecule has 0 aliphatic carbocycles. The van der Waals surface area contributed by atoms with Gasteiger partial charge in [0.15, 0.2) is 0 Å². The number of thioether (sulfide) groups is 1. The van der Waals surface area contributed by atoms with Crippen LogP contribution in [0.5, 0.6) is 0 Å². The van der Waals surface area contributed by atoms with Crippen molar-refractivity contribution in [2.75, 3.05) is 16.8 Å². The fraction of sp³-hybridized carbons (Fsp3) is 0.417. The van der Waals surface area contributed by atoms with Crippen LogP contribution in [0.2, 0.25) is 0 Å². The number of nitrogen functional groups attached to an aromatic ring is 1. The van der Waals surface area contributed by atoms with Crippen molar-refractivity contribution in [3.63, 3.8) is 0 Å². The van der Waals surface area contributed by atoms with E-state index in [0.717, 1.165) is 6.42 Å². The Bertz CT molecular complexity index is 398. The molecule has 0 bridgehead atoms. The van der Waals surface area contributed by atoms with Gasteiger partial charge >= 0.3 is 0 Å². The van der Waals surface area contributed by atoms with Gasteiger partial charge in [0.25, 0.3) is 0 Å². The lowest BCUT2D eigenvalue weighted by Gasteiger charge is -2.09. The molecule has 0 saturated heterocycles. The Morgan fingerprint density at radius 3 is 2.94 bits per heavy atom. The highest BCUT2D eigenvalue weighted by molar-refractivity contribution is 8.00. The predicted octanol–water partition coefficient (Wildman–Crippen LogP) is 2.88. The Hall–Kier alpha value is -1.23. The van der Waals surface area contributed by atoms with Crippen molar-refractivity contribution in [2.45, 2.75) is 25.5 Å². The number of carbonyl (C=O) groups excluding carboxylic acids is 1. The number of rotatable bonds is 5. The highest BCUT2D eigenvalue weighted by Crippen LogP contribution is 2.18. The van der Waals surface area contributed by atoms with Crippen molar-refractivity contribution in [3.05, 3.63) is 24.0 Å². The molecule has 17 heavy (non-hydrogen) atoms. The molecule has 0 radical (unpaired) electrons. The number of benzene rings is 1. The van der Waals surface area contributed by atoms with Gasteiger partial charge in [0.1, 0.15) is 5.82 Å². The summed E-state index contributed by atoms with van der Waals surface area (Å²) in [5, 5.41) is 2.94. The molecule has 0 aromatic heterocycles. The predicted molar refractivity (Wildman–Crippen MR) is 71.7 cm³/mol. The van der Waals surface area contributed by atoms with Gasteiger partial charge in [-0.15, -0.1) is 11.8 Å². The molecule has 1 unspecified atom stereocenters. The van der Waals surface area contributed by atoms with Gasteiger partial charge in [-0.05, 0) is 24.6 Å². The van der Waals surface area contributed by atoms with Gasteiger partial charge in [-0.1, -0.05) is 13.8 Å². The Morgan fingerprint density at radius 2 is 2.29 bits per heavy atom. The zero-order chi connectivity index (χ0) is 12.8. The average Bonchev–Trinajstić information content (AvgIpc) is 2.30. The van der Waals surface area contributed by atoms with Gasteiger partial charge in [0.05, 0.1) is 11.4 Å². The van der Waals surface area contributed by atoms with E-state index in [1.165, 1.54) is 18.2 Å². The normalized spacial score (nSPS) is 12.2. The van der Waals surface area contributed by atoms with Crippen LogP contribution in [0.25, 0.3) is 0 Å². The van der Waals surface area contributed by atoms with Crippen molar-refractivity contribution in [1.29, 1.82) is 0 Å². The van der Waals surface area contributed by atoms with Crippen LogP contribution in [0, 0.1) is 5.82 Å². The molecule has 0 saturated carbocycles. The lowest BCUT2D eigenvalue weighted by atomic mass is 10.2. The second-order valence-electron chi connectivity index (χ2n) is 3.82. The molecule has 1 aromatic carbocycles. The number of anilines is 2. The third-order valence-electron chi connectivity index (χ3n) is 2.34. The maximum atomic E-state index is 13.3. The summed E-state index contributed by atoms with van der Waals surface area (Å²) in [6.45, 7) is 4.12. The van der Waals surface area contributed by atoms with Crippen LogP contribution in [0.15, 0.2) is 18.2 Å². The molecule has 94 valence electrons. The molecule has 1 rings (SSSR count). The molecule has 3 nitrogen and oxygen atoms in total. The monoisotopic (exact) mass is 256 g/mol. The van der Waals surface area contributed by atoms with E-state index in [0.29, 0.717) is 16.7 Å². The molecule has 0 spiro atoms. The zero-order valence-corrected chi connectivity index (χ0v) is 10.8. The Morgan fingerprint density at radius 1 is 1.59 bits per heavy atom. The molecule has 0 aliphatic rings. The van der Waals surface area contributed by atoms with Crippen molar-refractivity contribution >= 4 is 29.0 Å². The van der Waals surface area contributed by atoms with E-state index >= 15 is 0 Å². The van der Waals surface area contributed by atoms with E-state index in [-0.39, 0.29) is 11.6 Å². The number of nitrogens with one attached hydrogen (secondary N) is 1. The van der Waals surface area contributed by atoms with Crippen LogP contribution in [0.4, 0.5) is 15.8 Å². The summed E-state index contributed by atoms with van der Waals surface area (Å²) in [4.78, 5) is 11.6. The second-order valence-corrected chi connectivity index (χ2v) is 5.24. The molecule has 0 heterocycles. The summed E-state index contributed by atoms with van der Waals surface area (Å²) >= 11 is 1.55. The summed E-state index contributed by atoms with van der Waals surface area (Å²) in [7, 11) is 0.